The predicted molar refractivity (Wildman–Crippen MR) is 69.3 cm³/mol. The predicted octanol–water partition coefficient (Wildman–Crippen LogP) is 1.85. The van der Waals surface area contributed by atoms with Crippen molar-refractivity contribution < 1.29 is 14.5 Å². The molecule has 0 aliphatic carbocycles. The van der Waals surface area contributed by atoms with Crippen molar-refractivity contribution >= 4 is 23.7 Å². The molecule has 0 fully saturated rings. The minimum Gasteiger partial charge on any atom is -0.465 e. The summed E-state index contributed by atoms with van der Waals surface area (Å²) >= 11 is 0. The zero-order chi connectivity index (χ0) is 12.3. The molecule has 0 unspecified atom stereocenters. The second-order valence-electron chi connectivity index (χ2n) is 4.35. The Morgan fingerprint density at radius 3 is 2.71 bits per heavy atom. The number of unbranched alkanes of at least 4 members (excludes halogenated alkanes) is 2. The number of fused-ring (bicyclic) bond motifs is 1. The molecule has 0 saturated carbocycles. The topological polar surface area (TPSA) is 53.6 Å². The van der Waals surface area contributed by atoms with Crippen LogP contribution in [0.1, 0.15) is 31.7 Å². The molecule has 2 N–H and O–H groups in total. The van der Waals surface area contributed by atoms with Gasteiger partial charge in [0.05, 0.1) is 0 Å². The van der Waals surface area contributed by atoms with Gasteiger partial charge in [-0.3, -0.25) is 0 Å². The number of hydrogen-bond donors (Lipinski definition) is 2. The summed E-state index contributed by atoms with van der Waals surface area (Å²) in [6.07, 6.45) is 4.71. The van der Waals surface area contributed by atoms with Crippen LogP contribution in [0.2, 0.25) is 0 Å². The molecule has 1 aromatic carbocycles. The Balaban J connectivity index is 2.18. The van der Waals surface area contributed by atoms with Crippen molar-refractivity contribution in [3.05, 3.63) is 29.8 Å². The molecule has 2 rings (SSSR count). The van der Waals surface area contributed by atoms with E-state index in [2.05, 4.69) is 13.0 Å². The fourth-order valence-electron chi connectivity index (χ4n) is 1.98. The first-order valence-electron chi connectivity index (χ1n) is 6.09. The van der Waals surface area contributed by atoms with Crippen molar-refractivity contribution in [3.8, 4) is 0 Å². The van der Waals surface area contributed by atoms with Gasteiger partial charge in [-0.2, -0.15) is 0 Å². The minimum absolute atomic E-state index is 0.200. The SMILES string of the molecule is CCCCCc1ccc2oc(B(O)O)cc2c1. The summed E-state index contributed by atoms with van der Waals surface area (Å²) < 4.78 is 5.31. The van der Waals surface area contributed by atoms with E-state index in [0.29, 0.717) is 5.58 Å². The normalized spacial score (nSPS) is 11.0. The Bertz CT molecular complexity index is 490. The molecule has 17 heavy (non-hydrogen) atoms. The van der Waals surface area contributed by atoms with E-state index in [1.165, 1.54) is 24.8 Å². The molecule has 0 spiro atoms. The van der Waals surface area contributed by atoms with Gasteiger partial charge in [0.15, 0.2) is 0 Å². The van der Waals surface area contributed by atoms with Gasteiger partial charge in [-0.05, 0) is 36.6 Å². The standard InChI is InChI=1S/C13H17BO3/c1-2-3-4-5-10-6-7-12-11(8-10)9-13(17-12)14(15)16/h6-9,15-16H,2-5H2,1H3. The van der Waals surface area contributed by atoms with Crippen LogP contribution in [0.3, 0.4) is 0 Å². The lowest BCUT2D eigenvalue weighted by Crippen LogP contribution is -2.27. The summed E-state index contributed by atoms with van der Waals surface area (Å²) in [5.41, 5.74) is 2.17. The van der Waals surface area contributed by atoms with Crippen LogP contribution in [0.4, 0.5) is 0 Å². The molecule has 3 nitrogen and oxygen atoms in total. The average molecular weight is 232 g/mol. The highest BCUT2D eigenvalue weighted by Crippen LogP contribution is 2.17. The van der Waals surface area contributed by atoms with Gasteiger partial charge in [-0.1, -0.05) is 25.8 Å². The molecule has 4 heteroatoms. The molecule has 1 aromatic heterocycles. The van der Waals surface area contributed by atoms with E-state index in [-0.39, 0.29) is 5.66 Å². The molecule has 0 aliphatic rings. The molecule has 0 radical (unpaired) electrons. The Morgan fingerprint density at radius 2 is 2.00 bits per heavy atom. The lowest BCUT2D eigenvalue weighted by atomic mass is 9.88. The summed E-state index contributed by atoms with van der Waals surface area (Å²) in [6.45, 7) is 2.19. The monoisotopic (exact) mass is 232 g/mol. The summed E-state index contributed by atoms with van der Waals surface area (Å²) in [5, 5.41) is 19.0. The van der Waals surface area contributed by atoms with Crippen molar-refractivity contribution in [3.63, 3.8) is 0 Å². The Labute approximate surface area is 101 Å². The van der Waals surface area contributed by atoms with Gasteiger partial charge < -0.3 is 14.5 Å². The molecule has 0 atom stereocenters. The van der Waals surface area contributed by atoms with E-state index in [9.17, 15) is 0 Å². The maximum Gasteiger partial charge on any atom is 0.526 e. The lowest BCUT2D eigenvalue weighted by molar-refractivity contribution is 0.412. The summed E-state index contributed by atoms with van der Waals surface area (Å²) in [7, 11) is -1.54. The first-order chi connectivity index (χ1) is 8.20. The van der Waals surface area contributed by atoms with E-state index in [1.807, 2.05) is 12.1 Å². The maximum absolute atomic E-state index is 9.03. The van der Waals surface area contributed by atoms with Crippen molar-refractivity contribution in [1.82, 2.24) is 0 Å². The highest BCUT2D eigenvalue weighted by molar-refractivity contribution is 6.57. The summed E-state index contributed by atoms with van der Waals surface area (Å²) in [5.74, 6) is 0. The molecular weight excluding hydrogens is 215 g/mol. The van der Waals surface area contributed by atoms with Crippen molar-refractivity contribution in [2.45, 2.75) is 32.6 Å². The van der Waals surface area contributed by atoms with E-state index >= 15 is 0 Å². The van der Waals surface area contributed by atoms with Crippen LogP contribution in [0, 0.1) is 0 Å². The van der Waals surface area contributed by atoms with Crippen molar-refractivity contribution in [1.29, 1.82) is 0 Å². The second-order valence-corrected chi connectivity index (χ2v) is 4.35. The van der Waals surface area contributed by atoms with Gasteiger partial charge in [-0.15, -0.1) is 0 Å². The highest BCUT2D eigenvalue weighted by atomic mass is 16.4. The molecule has 0 bridgehead atoms. The van der Waals surface area contributed by atoms with Gasteiger partial charge in [0.1, 0.15) is 11.2 Å². The third kappa shape index (κ3) is 2.90. The smallest absolute Gasteiger partial charge is 0.465 e. The van der Waals surface area contributed by atoms with Crippen LogP contribution < -0.4 is 5.66 Å². The van der Waals surface area contributed by atoms with Gasteiger partial charge in [-0.25, -0.2) is 0 Å². The van der Waals surface area contributed by atoms with Crippen molar-refractivity contribution in [2.24, 2.45) is 0 Å². The van der Waals surface area contributed by atoms with Crippen LogP contribution in [-0.4, -0.2) is 17.2 Å². The zero-order valence-corrected chi connectivity index (χ0v) is 10.0. The molecular formula is C13H17BO3. The summed E-state index contributed by atoms with van der Waals surface area (Å²) in [4.78, 5) is 0. The van der Waals surface area contributed by atoms with Gasteiger partial charge in [0, 0.05) is 5.39 Å². The van der Waals surface area contributed by atoms with Gasteiger partial charge in [0.2, 0.25) is 0 Å². The third-order valence-corrected chi connectivity index (χ3v) is 2.92. The number of aryl methyl sites for hydroxylation is 1. The third-order valence-electron chi connectivity index (χ3n) is 2.92. The van der Waals surface area contributed by atoms with Crippen LogP contribution in [0.5, 0.6) is 0 Å². The fourth-order valence-corrected chi connectivity index (χ4v) is 1.98. The number of hydrogen-bond acceptors (Lipinski definition) is 3. The average Bonchev–Trinajstić information content (AvgIpc) is 2.72. The van der Waals surface area contributed by atoms with E-state index in [4.69, 9.17) is 14.5 Å². The van der Waals surface area contributed by atoms with Crippen LogP contribution in [0.15, 0.2) is 28.7 Å². The molecule has 1 heterocycles. The van der Waals surface area contributed by atoms with E-state index in [1.54, 1.807) is 6.07 Å². The first kappa shape index (κ1) is 12.2. The number of furan rings is 1. The second kappa shape index (κ2) is 5.38. The van der Waals surface area contributed by atoms with Crippen LogP contribution in [0.25, 0.3) is 11.0 Å². The zero-order valence-electron chi connectivity index (χ0n) is 10.0. The van der Waals surface area contributed by atoms with E-state index in [0.717, 1.165) is 11.8 Å². The highest BCUT2D eigenvalue weighted by Gasteiger charge is 2.16. The molecule has 90 valence electrons. The minimum atomic E-state index is -1.54. The molecule has 0 amide bonds. The molecule has 2 aromatic rings. The van der Waals surface area contributed by atoms with Gasteiger partial charge >= 0.3 is 7.12 Å². The quantitative estimate of drug-likeness (QED) is 0.610. The summed E-state index contributed by atoms with van der Waals surface area (Å²) in [6, 6.07) is 7.67. The Hall–Kier alpha value is -1.26. The maximum atomic E-state index is 9.03. The Kier molecular flexibility index (Phi) is 3.87. The first-order valence-corrected chi connectivity index (χ1v) is 6.09. The number of rotatable bonds is 5. The number of benzene rings is 1. The lowest BCUT2D eigenvalue weighted by Gasteiger charge is -1.99. The van der Waals surface area contributed by atoms with Crippen molar-refractivity contribution in [2.75, 3.05) is 0 Å². The molecule has 0 saturated heterocycles. The van der Waals surface area contributed by atoms with E-state index < -0.39 is 7.12 Å². The van der Waals surface area contributed by atoms with Crippen LogP contribution in [-0.2, 0) is 6.42 Å². The fraction of sp³-hybridized carbons (Fsp3) is 0.385. The molecule has 0 aliphatic heterocycles. The largest absolute Gasteiger partial charge is 0.526 e. The van der Waals surface area contributed by atoms with Gasteiger partial charge in [0.25, 0.3) is 0 Å². The van der Waals surface area contributed by atoms with Crippen LogP contribution >= 0.6 is 0 Å². The Morgan fingerprint density at radius 1 is 1.18 bits per heavy atom.